The predicted molar refractivity (Wildman–Crippen MR) is 116 cm³/mol. The lowest BCUT2D eigenvalue weighted by Gasteiger charge is -2.32. The molecule has 1 heterocycles. The SMILES string of the molecule is CCNC(=NCc1cccc(OC)c1)NCC1CCCN(CC)C1.I. The Morgan fingerprint density at radius 2 is 2.16 bits per heavy atom. The Bertz CT molecular complexity index is 524. The van der Waals surface area contributed by atoms with Crippen LogP contribution in [-0.2, 0) is 6.54 Å². The lowest BCUT2D eigenvalue weighted by Crippen LogP contribution is -2.44. The van der Waals surface area contributed by atoms with E-state index in [9.17, 15) is 0 Å². The maximum Gasteiger partial charge on any atom is 0.191 e. The number of ether oxygens (including phenoxy) is 1. The molecule has 0 bridgehead atoms. The van der Waals surface area contributed by atoms with Crippen molar-refractivity contribution in [1.82, 2.24) is 15.5 Å². The average Bonchev–Trinajstić information content (AvgIpc) is 2.64. The van der Waals surface area contributed by atoms with Crippen LogP contribution in [0.5, 0.6) is 5.75 Å². The van der Waals surface area contributed by atoms with Crippen LogP contribution in [0.2, 0.25) is 0 Å². The number of benzene rings is 1. The van der Waals surface area contributed by atoms with E-state index in [0.717, 1.165) is 36.9 Å². The molecule has 1 saturated heterocycles. The summed E-state index contributed by atoms with van der Waals surface area (Å²) in [6, 6.07) is 8.08. The van der Waals surface area contributed by atoms with Crippen LogP contribution in [0.4, 0.5) is 0 Å². The van der Waals surface area contributed by atoms with Gasteiger partial charge in [-0.25, -0.2) is 4.99 Å². The number of guanidine groups is 1. The number of likely N-dealkylation sites (tertiary alicyclic amines) is 1. The highest BCUT2D eigenvalue weighted by Gasteiger charge is 2.18. The van der Waals surface area contributed by atoms with Crippen molar-refractivity contribution in [3.63, 3.8) is 0 Å². The average molecular weight is 460 g/mol. The minimum absolute atomic E-state index is 0. The highest BCUT2D eigenvalue weighted by Crippen LogP contribution is 2.15. The largest absolute Gasteiger partial charge is 0.497 e. The minimum Gasteiger partial charge on any atom is -0.497 e. The van der Waals surface area contributed by atoms with Crippen LogP contribution in [0.1, 0.15) is 32.3 Å². The molecule has 2 N–H and O–H groups in total. The Morgan fingerprint density at radius 3 is 2.88 bits per heavy atom. The molecule has 1 aromatic rings. The van der Waals surface area contributed by atoms with E-state index in [1.807, 2.05) is 18.2 Å². The monoisotopic (exact) mass is 460 g/mol. The molecule has 0 aliphatic carbocycles. The van der Waals surface area contributed by atoms with Crippen molar-refractivity contribution < 1.29 is 4.74 Å². The third kappa shape index (κ3) is 7.81. The first kappa shape index (κ1) is 22.0. The van der Waals surface area contributed by atoms with E-state index in [0.29, 0.717) is 12.5 Å². The van der Waals surface area contributed by atoms with E-state index >= 15 is 0 Å². The van der Waals surface area contributed by atoms with E-state index in [-0.39, 0.29) is 24.0 Å². The molecule has 1 aliphatic heterocycles. The Morgan fingerprint density at radius 1 is 1.32 bits per heavy atom. The molecule has 1 aliphatic rings. The first-order valence-electron chi connectivity index (χ1n) is 9.12. The van der Waals surface area contributed by atoms with Crippen LogP contribution in [0, 0.1) is 5.92 Å². The number of nitrogens with one attached hydrogen (secondary N) is 2. The van der Waals surface area contributed by atoms with Gasteiger partial charge in [-0.05, 0) is 56.5 Å². The Labute approximate surface area is 169 Å². The lowest BCUT2D eigenvalue weighted by atomic mass is 9.98. The third-order valence-corrected chi connectivity index (χ3v) is 4.51. The topological polar surface area (TPSA) is 48.9 Å². The summed E-state index contributed by atoms with van der Waals surface area (Å²) in [6.07, 6.45) is 2.61. The second-order valence-corrected chi connectivity index (χ2v) is 6.33. The third-order valence-electron chi connectivity index (χ3n) is 4.51. The number of hydrogen-bond acceptors (Lipinski definition) is 3. The summed E-state index contributed by atoms with van der Waals surface area (Å²) in [7, 11) is 1.69. The number of rotatable bonds is 7. The van der Waals surface area contributed by atoms with Gasteiger partial charge in [0.05, 0.1) is 13.7 Å². The molecule has 0 radical (unpaired) electrons. The van der Waals surface area contributed by atoms with E-state index < -0.39 is 0 Å². The quantitative estimate of drug-likeness (QED) is 0.373. The van der Waals surface area contributed by atoms with Gasteiger partial charge in [-0.15, -0.1) is 24.0 Å². The van der Waals surface area contributed by atoms with Crippen LogP contribution < -0.4 is 15.4 Å². The van der Waals surface area contributed by atoms with E-state index in [4.69, 9.17) is 9.73 Å². The van der Waals surface area contributed by atoms with Gasteiger partial charge in [0.15, 0.2) is 5.96 Å². The standard InChI is InChI=1S/C19H32N4O.HI/c1-4-20-19(21-13-16-8-6-10-18(12-16)24-3)22-14-17-9-7-11-23(5-2)15-17;/h6,8,10,12,17H,4-5,7,9,11,13-15H2,1-3H3,(H2,20,21,22);1H. The van der Waals surface area contributed by atoms with Crippen LogP contribution in [0.3, 0.4) is 0 Å². The van der Waals surface area contributed by atoms with E-state index in [2.05, 4.69) is 35.4 Å². The van der Waals surface area contributed by atoms with Gasteiger partial charge in [0.1, 0.15) is 5.75 Å². The van der Waals surface area contributed by atoms with Gasteiger partial charge < -0.3 is 20.3 Å². The van der Waals surface area contributed by atoms with Crippen molar-refractivity contribution >= 4 is 29.9 Å². The van der Waals surface area contributed by atoms with Crippen LogP contribution in [0.25, 0.3) is 0 Å². The summed E-state index contributed by atoms with van der Waals surface area (Å²) in [5, 5.41) is 6.86. The Kier molecular flexibility index (Phi) is 10.9. The number of halogens is 1. The highest BCUT2D eigenvalue weighted by molar-refractivity contribution is 14.0. The number of hydrogen-bond donors (Lipinski definition) is 2. The maximum absolute atomic E-state index is 5.27. The zero-order valence-corrected chi connectivity index (χ0v) is 18.1. The second kappa shape index (κ2) is 12.4. The van der Waals surface area contributed by atoms with Crippen molar-refractivity contribution in [2.45, 2.75) is 33.2 Å². The molecular weight excluding hydrogens is 427 g/mol. The van der Waals surface area contributed by atoms with E-state index in [1.165, 1.54) is 25.9 Å². The predicted octanol–water partition coefficient (Wildman–Crippen LogP) is 3.10. The number of piperidine rings is 1. The summed E-state index contributed by atoms with van der Waals surface area (Å²) >= 11 is 0. The fraction of sp³-hybridized carbons (Fsp3) is 0.632. The zero-order chi connectivity index (χ0) is 17.2. The molecule has 1 aromatic carbocycles. The summed E-state index contributed by atoms with van der Waals surface area (Å²) in [5.74, 6) is 2.48. The molecule has 1 unspecified atom stereocenters. The van der Waals surface area contributed by atoms with Gasteiger partial charge >= 0.3 is 0 Å². The second-order valence-electron chi connectivity index (χ2n) is 6.33. The minimum atomic E-state index is 0. The van der Waals surface area contributed by atoms with Gasteiger partial charge in [0, 0.05) is 19.6 Å². The van der Waals surface area contributed by atoms with Crippen LogP contribution in [-0.4, -0.2) is 50.7 Å². The molecule has 0 saturated carbocycles. The summed E-state index contributed by atoms with van der Waals surface area (Å²) in [6.45, 7) is 10.4. The summed E-state index contributed by atoms with van der Waals surface area (Å²) in [4.78, 5) is 7.25. The highest BCUT2D eigenvalue weighted by atomic mass is 127. The molecule has 0 amide bonds. The van der Waals surface area contributed by atoms with Crippen molar-refractivity contribution in [2.75, 3.05) is 39.8 Å². The van der Waals surface area contributed by atoms with Crippen molar-refractivity contribution in [3.05, 3.63) is 29.8 Å². The van der Waals surface area contributed by atoms with Gasteiger partial charge in [-0.3, -0.25) is 0 Å². The molecule has 0 aromatic heterocycles. The molecule has 1 fully saturated rings. The van der Waals surface area contributed by atoms with Crippen LogP contribution in [0.15, 0.2) is 29.3 Å². The first-order chi connectivity index (χ1) is 11.7. The maximum atomic E-state index is 5.27. The van der Waals surface area contributed by atoms with Crippen molar-refractivity contribution in [1.29, 1.82) is 0 Å². The normalized spacial score (nSPS) is 18.4. The summed E-state index contributed by atoms with van der Waals surface area (Å²) < 4.78 is 5.27. The van der Waals surface area contributed by atoms with Gasteiger partial charge in [-0.1, -0.05) is 19.1 Å². The number of aliphatic imine (C=N–C) groups is 1. The molecule has 5 nitrogen and oxygen atoms in total. The van der Waals surface area contributed by atoms with Crippen LogP contribution >= 0.6 is 24.0 Å². The molecule has 0 spiro atoms. The van der Waals surface area contributed by atoms with Gasteiger partial charge in [-0.2, -0.15) is 0 Å². The molecule has 6 heteroatoms. The first-order valence-corrected chi connectivity index (χ1v) is 9.12. The van der Waals surface area contributed by atoms with Gasteiger partial charge in [0.25, 0.3) is 0 Å². The molecular formula is C19H33IN4O. The number of methoxy groups -OCH3 is 1. The number of nitrogens with zero attached hydrogens (tertiary/aromatic N) is 2. The Hall–Kier alpha value is -1.02. The van der Waals surface area contributed by atoms with E-state index in [1.54, 1.807) is 7.11 Å². The zero-order valence-electron chi connectivity index (χ0n) is 15.8. The molecule has 1 atom stereocenters. The smallest absolute Gasteiger partial charge is 0.191 e. The molecule has 2 rings (SSSR count). The van der Waals surface area contributed by atoms with Gasteiger partial charge in [0.2, 0.25) is 0 Å². The molecule has 142 valence electrons. The summed E-state index contributed by atoms with van der Waals surface area (Å²) in [5.41, 5.74) is 1.15. The fourth-order valence-electron chi connectivity index (χ4n) is 3.13. The van der Waals surface area contributed by atoms with Crippen molar-refractivity contribution in [2.24, 2.45) is 10.9 Å². The fourth-order valence-corrected chi connectivity index (χ4v) is 3.13. The van der Waals surface area contributed by atoms with Crippen molar-refractivity contribution in [3.8, 4) is 5.75 Å². The Balaban J connectivity index is 0.00000312. The lowest BCUT2D eigenvalue weighted by molar-refractivity contribution is 0.183. The molecule has 25 heavy (non-hydrogen) atoms.